The molecule has 0 spiro atoms. The molecule has 2 fully saturated rings. The normalized spacial score (nSPS) is 33.4. The summed E-state index contributed by atoms with van der Waals surface area (Å²) in [6.07, 6.45) is 4.32. The lowest BCUT2D eigenvalue weighted by Crippen LogP contribution is -2.57. The molecule has 3 aliphatic rings. The van der Waals surface area contributed by atoms with E-state index in [9.17, 15) is 4.79 Å². The molecule has 1 aromatic carbocycles. The standard InChI is InChI=1S/C16H20N2O/c19-16-13-6-3-8-17-14(13)10-15-12-5-2-1-4-11(12)7-9-18(15)16/h1-2,4-5,13-15,17H,3,6-10H2. The lowest BCUT2D eigenvalue weighted by atomic mass is 9.77. The van der Waals surface area contributed by atoms with Crippen molar-refractivity contribution in [2.24, 2.45) is 5.92 Å². The van der Waals surface area contributed by atoms with Crippen LogP contribution in [0.3, 0.4) is 0 Å². The van der Waals surface area contributed by atoms with E-state index in [-0.39, 0.29) is 5.92 Å². The Hall–Kier alpha value is -1.35. The van der Waals surface area contributed by atoms with Crippen molar-refractivity contribution in [1.82, 2.24) is 10.2 Å². The smallest absolute Gasteiger partial charge is 0.227 e. The van der Waals surface area contributed by atoms with Gasteiger partial charge < -0.3 is 10.2 Å². The van der Waals surface area contributed by atoms with Crippen molar-refractivity contribution in [3.05, 3.63) is 35.4 Å². The van der Waals surface area contributed by atoms with Crippen molar-refractivity contribution < 1.29 is 4.79 Å². The Morgan fingerprint density at radius 2 is 2.16 bits per heavy atom. The topological polar surface area (TPSA) is 32.3 Å². The quantitative estimate of drug-likeness (QED) is 0.768. The van der Waals surface area contributed by atoms with E-state index in [4.69, 9.17) is 0 Å². The van der Waals surface area contributed by atoms with E-state index in [0.29, 0.717) is 18.0 Å². The molecule has 0 aliphatic carbocycles. The van der Waals surface area contributed by atoms with E-state index in [2.05, 4.69) is 34.5 Å². The second-order valence-electron chi connectivity index (χ2n) is 6.04. The Bertz CT molecular complexity index is 513. The Morgan fingerprint density at radius 1 is 1.26 bits per heavy atom. The highest BCUT2D eigenvalue weighted by molar-refractivity contribution is 5.81. The molecular formula is C16H20N2O. The molecular weight excluding hydrogens is 236 g/mol. The van der Waals surface area contributed by atoms with Crippen LogP contribution in [-0.4, -0.2) is 29.9 Å². The highest BCUT2D eigenvalue weighted by Gasteiger charge is 2.44. The third-order valence-corrected chi connectivity index (χ3v) is 5.07. The third-order valence-electron chi connectivity index (χ3n) is 5.07. The zero-order valence-electron chi connectivity index (χ0n) is 11.1. The van der Waals surface area contributed by atoms with E-state index in [1.807, 2.05) is 0 Å². The Labute approximate surface area is 114 Å². The molecule has 1 aromatic rings. The maximum absolute atomic E-state index is 12.7. The van der Waals surface area contributed by atoms with Gasteiger partial charge in [-0.05, 0) is 43.4 Å². The molecule has 3 aliphatic heterocycles. The van der Waals surface area contributed by atoms with Gasteiger partial charge in [0.05, 0.1) is 12.0 Å². The molecule has 19 heavy (non-hydrogen) atoms. The molecule has 3 atom stereocenters. The summed E-state index contributed by atoms with van der Waals surface area (Å²) in [5.74, 6) is 0.623. The van der Waals surface area contributed by atoms with E-state index in [1.54, 1.807) is 0 Å². The number of hydrogen-bond donors (Lipinski definition) is 1. The van der Waals surface area contributed by atoms with Crippen LogP contribution >= 0.6 is 0 Å². The molecule has 1 amide bonds. The number of hydrogen-bond acceptors (Lipinski definition) is 2. The lowest BCUT2D eigenvalue weighted by Gasteiger charge is -2.48. The number of carbonyl (C=O) groups excluding carboxylic acids is 1. The number of nitrogens with zero attached hydrogens (tertiary/aromatic N) is 1. The first kappa shape index (κ1) is 11.5. The van der Waals surface area contributed by atoms with E-state index < -0.39 is 0 Å². The third kappa shape index (κ3) is 1.71. The molecule has 0 aromatic heterocycles. The fourth-order valence-corrected chi connectivity index (χ4v) is 4.12. The van der Waals surface area contributed by atoms with Crippen LogP contribution in [0.15, 0.2) is 24.3 Å². The van der Waals surface area contributed by atoms with Gasteiger partial charge in [-0.3, -0.25) is 4.79 Å². The summed E-state index contributed by atoms with van der Waals surface area (Å²) >= 11 is 0. The number of amides is 1. The molecule has 0 bridgehead atoms. The van der Waals surface area contributed by atoms with Gasteiger partial charge in [-0.25, -0.2) is 0 Å². The maximum Gasteiger partial charge on any atom is 0.227 e. The maximum atomic E-state index is 12.7. The van der Waals surface area contributed by atoms with Crippen LogP contribution < -0.4 is 5.32 Å². The molecule has 3 nitrogen and oxygen atoms in total. The first-order valence-electron chi connectivity index (χ1n) is 7.46. The number of fused-ring (bicyclic) bond motifs is 4. The minimum atomic E-state index is 0.232. The number of rotatable bonds is 0. The monoisotopic (exact) mass is 256 g/mol. The predicted molar refractivity (Wildman–Crippen MR) is 73.7 cm³/mol. The van der Waals surface area contributed by atoms with Crippen LogP contribution in [0.25, 0.3) is 0 Å². The van der Waals surface area contributed by atoms with Crippen molar-refractivity contribution in [2.45, 2.75) is 37.8 Å². The molecule has 3 unspecified atom stereocenters. The number of carbonyl (C=O) groups is 1. The fraction of sp³-hybridized carbons (Fsp3) is 0.562. The summed E-state index contributed by atoms with van der Waals surface area (Å²) in [6, 6.07) is 9.35. The summed E-state index contributed by atoms with van der Waals surface area (Å²) in [7, 11) is 0. The fourth-order valence-electron chi connectivity index (χ4n) is 4.12. The Kier molecular flexibility index (Phi) is 2.62. The number of nitrogens with one attached hydrogen (secondary N) is 1. The van der Waals surface area contributed by atoms with Gasteiger partial charge in [-0.15, -0.1) is 0 Å². The Balaban J connectivity index is 1.71. The van der Waals surface area contributed by atoms with Crippen LogP contribution in [0.1, 0.15) is 36.4 Å². The molecule has 1 N–H and O–H groups in total. The van der Waals surface area contributed by atoms with E-state index >= 15 is 0 Å². The minimum Gasteiger partial charge on any atom is -0.335 e. The molecule has 2 saturated heterocycles. The van der Waals surface area contributed by atoms with Crippen molar-refractivity contribution >= 4 is 5.91 Å². The van der Waals surface area contributed by atoms with Crippen LogP contribution in [-0.2, 0) is 11.2 Å². The summed E-state index contributed by atoms with van der Waals surface area (Å²) in [4.78, 5) is 14.8. The van der Waals surface area contributed by atoms with Gasteiger partial charge in [0.2, 0.25) is 5.91 Å². The second kappa shape index (κ2) is 4.34. The Morgan fingerprint density at radius 3 is 3.11 bits per heavy atom. The summed E-state index contributed by atoms with van der Waals surface area (Å²) < 4.78 is 0. The summed E-state index contributed by atoms with van der Waals surface area (Å²) in [5.41, 5.74) is 2.82. The molecule has 100 valence electrons. The minimum absolute atomic E-state index is 0.232. The molecule has 0 radical (unpaired) electrons. The van der Waals surface area contributed by atoms with Gasteiger partial charge in [0, 0.05) is 12.6 Å². The molecule has 3 heterocycles. The zero-order valence-corrected chi connectivity index (χ0v) is 11.1. The molecule has 4 rings (SSSR count). The zero-order chi connectivity index (χ0) is 12.8. The van der Waals surface area contributed by atoms with Crippen LogP contribution in [0.5, 0.6) is 0 Å². The SMILES string of the molecule is O=C1C2CCCNC2CC2c3ccccc3CCN12. The first-order chi connectivity index (χ1) is 9.34. The summed E-state index contributed by atoms with van der Waals surface area (Å²) in [6.45, 7) is 1.98. The van der Waals surface area contributed by atoms with Gasteiger partial charge >= 0.3 is 0 Å². The van der Waals surface area contributed by atoms with Gasteiger partial charge in [-0.1, -0.05) is 24.3 Å². The summed E-state index contributed by atoms with van der Waals surface area (Å²) in [5, 5.41) is 3.57. The van der Waals surface area contributed by atoms with Gasteiger partial charge in [0.1, 0.15) is 0 Å². The molecule has 0 saturated carbocycles. The highest BCUT2D eigenvalue weighted by Crippen LogP contribution is 2.40. The van der Waals surface area contributed by atoms with Gasteiger partial charge in [-0.2, -0.15) is 0 Å². The van der Waals surface area contributed by atoms with Gasteiger partial charge in [0.25, 0.3) is 0 Å². The average Bonchev–Trinajstić information content (AvgIpc) is 2.47. The average molecular weight is 256 g/mol. The van der Waals surface area contributed by atoms with Crippen molar-refractivity contribution in [2.75, 3.05) is 13.1 Å². The largest absolute Gasteiger partial charge is 0.335 e. The predicted octanol–water partition coefficient (Wildman–Crippen LogP) is 1.88. The van der Waals surface area contributed by atoms with E-state index in [1.165, 1.54) is 11.1 Å². The molecule has 3 heteroatoms. The second-order valence-corrected chi connectivity index (χ2v) is 6.04. The lowest BCUT2D eigenvalue weighted by molar-refractivity contribution is -0.145. The van der Waals surface area contributed by atoms with Crippen molar-refractivity contribution in [3.63, 3.8) is 0 Å². The van der Waals surface area contributed by atoms with Crippen molar-refractivity contribution in [1.29, 1.82) is 0 Å². The van der Waals surface area contributed by atoms with Crippen LogP contribution in [0.4, 0.5) is 0 Å². The van der Waals surface area contributed by atoms with Gasteiger partial charge in [0.15, 0.2) is 0 Å². The number of piperidine rings is 2. The van der Waals surface area contributed by atoms with Crippen molar-refractivity contribution in [3.8, 4) is 0 Å². The first-order valence-corrected chi connectivity index (χ1v) is 7.46. The highest BCUT2D eigenvalue weighted by atomic mass is 16.2. The number of benzene rings is 1. The van der Waals surface area contributed by atoms with Crippen LogP contribution in [0.2, 0.25) is 0 Å². The van der Waals surface area contributed by atoms with E-state index in [0.717, 1.165) is 38.8 Å². The van der Waals surface area contributed by atoms with Crippen LogP contribution in [0, 0.1) is 5.92 Å².